The van der Waals surface area contributed by atoms with Crippen molar-refractivity contribution in [3.8, 4) is 0 Å². The van der Waals surface area contributed by atoms with Crippen molar-refractivity contribution in [2.45, 2.75) is 18.2 Å². The van der Waals surface area contributed by atoms with Crippen molar-refractivity contribution >= 4 is 21.6 Å². The monoisotopic (exact) mass is 373 g/mol. The van der Waals surface area contributed by atoms with Crippen LogP contribution in [0.2, 0.25) is 0 Å². The van der Waals surface area contributed by atoms with Crippen LogP contribution in [0.3, 0.4) is 0 Å². The SMILES string of the molecule is Cc1ccc(CC(=O)N2CCN(c3ncccc3S(C)(=O)=O)CC2)cc1. The van der Waals surface area contributed by atoms with Crippen LogP contribution in [-0.4, -0.2) is 56.6 Å². The standard InChI is InChI=1S/C19H23N3O3S/c1-15-5-7-16(8-6-15)14-18(23)21-10-12-22(13-11-21)19-17(26(2,24)25)4-3-9-20-19/h3-9H,10-14H2,1-2H3. The summed E-state index contributed by atoms with van der Waals surface area (Å²) in [4.78, 5) is 20.8. The van der Waals surface area contributed by atoms with Gasteiger partial charge in [0.2, 0.25) is 5.91 Å². The maximum absolute atomic E-state index is 12.5. The van der Waals surface area contributed by atoms with E-state index in [9.17, 15) is 13.2 Å². The van der Waals surface area contributed by atoms with Gasteiger partial charge >= 0.3 is 0 Å². The molecule has 2 heterocycles. The number of nitrogens with zero attached hydrogens (tertiary/aromatic N) is 3. The second-order valence-corrected chi connectivity index (χ2v) is 8.61. The molecule has 0 N–H and O–H groups in total. The first kappa shape index (κ1) is 18.4. The number of pyridine rings is 1. The molecular weight excluding hydrogens is 350 g/mol. The van der Waals surface area contributed by atoms with Gasteiger partial charge in [-0.05, 0) is 24.6 Å². The number of aromatic nitrogens is 1. The lowest BCUT2D eigenvalue weighted by molar-refractivity contribution is -0.130. The Morgan fingerprint density at radius 3 is 2.35 bits per heavy atom. The van der Waals surface area contributed by atoms with E-state index in [1.807, 2.05) is 41.0 Å². The highest BCUT2D eigenvalue weighted by Crippen LogP contribution is 2.23. The van der Waals surface area contributed by atoms with Crippen molar-refractivity contribution in [3.63, 3.8) is 0 Å². The van der Waals surface area contributed by atoms with E-state index in [4.69, 9.17) is 0 Å². The Kier molecular flexibility index (Phi) is 5.27. The third-order valence-electron chi connectivity index (χ3n) is 4.56. The van der Waals surface area contributed by atoms with E-state index in [1.165, 1.54) is 11.8 Å². The number of hydrogen-bond donors (Lipinski definition) is 0. The molecule has 0 atom stereocenters. The quantitative estimate of drug-likeness (QED) is 0.816. The van der Waals surface area contributed by atoms with Crippen LogP contribution >= 0.6 is 0 Å². The lowest BCUT2D eigenvalue weighted by atomic mass is 10.1. The molecular formula is C19H23N3O3S. The first-order chi connectivity index (χ1) is 12.3. The van der Waals surface area contributed by atoms with Gasteiger partial charge in [-0.1, -0.05) is 29.8 Å². The lowest BCUT2D eigenvalue weighted by Gasteiger charge is -2.36. The average molecular weight is 373 g/mol. The van der Waals surface area contributed by atoms with Crippen LogP contribution in [0.4, 0.5) is 5.82 Å². The van der Waals surface area contributed by atoms with Gasteiger partial charge in [-0.25, -0.2) is 13.4 Å². The van der Waals surface area contributed by atoms with Crippen LogP contribution in [0.5, 0.6) is 0 Å². The summed E-state index contributed by atoms with van der Waals surface area (Å²) >= 11 is 0. The summed E-state index contributed by atoms with van der Waals surface area (Å²) in [6, 6.07) is 11.2. The smallest absolute Gasteiger partial charge is 0.227 e. The molecule has 7 heteroatoms. The number of anilines is 1. The molecule has 0 spiro atoms. The molecule has 0 unspecified atom stereocenters. The largest absolute Gasteiger partial charge is 0.352 e. The van der Waals surface area contributed by atoms with Gasteiger partial charge in [0.05, 0.1) is 6.42 Å². The van der Waals surface area contributed by atoms with E-state index < -0.39 is 9.84 Å². The van der Waals surface area contributed by atoms with Crippen molar-refractivity contribution in [3.05, 3.63) is 53.7 Å². The maximum atomic E-state index is 12.5. The molecule has 2 aromatic rings. The van der Waals surface area contributed by atoms with Crippen molar-refractivity contribution in [2.75, 3.05) is 37.3 Å². The zero-order valence-electron chi connectivity index (χ0n) is 15.1. The minimum Gasteiger partial charge on any atom is -0.352 e. The van der Waals surface area contributed by atoms with Gasteiger partial charge in [0, 0.05) is 38.6 Å². The number of sulfone groups is 1. The fourth-order valence-electron chi connectivity index (χ4n) is 3.07. The summed E-state index contributed by atoms with van der Waals surface area (Å²) in [6.45, 7) is 4.28. The maximum Gasteiger partial charge on any atom is 0.227 e. The highest BCUT2D eigenvalue weighted by atomic mass is 32.2. The summed E-state index contributed by atoms with van der Waals surface area (Å²) in [5, 5.41) is 0. The van der Waals surface area contributed by atoms with Crippen molar-refractivity contribution in [2.24, 2.45) is 0 Å². The molecule has 1 aromatic carbocycles. The number of aryl methyl sites for hydroxylation is 1. The molecule has 26 heavy (non-hydrogen) atoms. The topological polar surface area (TPSA) is 70.6 Å². The van der Waals surface area contributed by atoms with Gasteiger partial charge < -0.3 is 9.80 Å². The van der Waals surface area contributed by atoms with Gasteiger partial charge in [-0.2, -0.15) is 0 Å². The first-order valence-electron chi connectivity index (χ1n) is 8.58. The van der Waals surface area contributed by atoms with Crippen LogP contribution in [0, 0.1) is 6.92 Å². The number of carbonyl (C=O) groups is 1. The van der Waals surface area contributed by atoms with Gasteiger partial charge in [-0.3, -0.25) is 4.79 Å². The molecule has 1 aromatic heterocycles. The number of hydrogen-bond acceptors (Lipinski definition) is 5. The van der Waals surface area contributed by atoms with Crippen LogP contribution in [-0.2, 0) is 21.1 Å². The van der Waals surface area contributed by atoms with E-state index in [1.54, 1.807) is 18.3 Å². The minimum atomic E-state index is -3.34. The second-order valence-electron chi connectivity index (χ2n) is 6.63. The zero-order chi connectivity index (χ0) is 18.7. The molecule has 6 nitrogen and oxygen atoms in total. The van der Waals surface area contributed by atoms with E-state index >= 15 is 0 Å². The Hall–Kier alpha value is -2.41. The molecule has 0 aliphatic carbocycles. The number of piperazine rings is 1. The summed E-state index contributed by atoms with van der Waals surface area (Å²) < 4.78 is 23.9. The van der Waals surface area contributed by atoms with Crippen LogP contribution in [0.1, 0.15) is 11.1 Å². The van der Waals surface area contributed by atoms with Crippen LogP contribution in [0.25, 0.3) is 0 Å². The van der Waals surface area contributed by atoms with E-state index in [0.29, 0.717) is 38.4 Å². The number of carbonyl (C=O) groups excluding carboxylic acids is 1. The van der Waals surface area contributed by atoms with Crippen molar-refractivity contribution < 1.29 is 13.2 Å². The molecule has 1 aliphatic rings. The van der Waals surface area contributed by atoms with E-state index in [2.05, 4.69) is 4.98 Å². The predicted molar refractivity (Wildman–Crippen MR) is 101 cm³/mol. The van der Waals surface area contributed by atoms with Crippen molar-refractivity contribution in [1.82, 2.24) is 9.88 Å². The fourth-order valence-corrected chi connectivity index (χ4v) is 3.91. The Balaban J connectivity index is 1.64. The predicted octanol–water partition coefficient (Wildman–Crippen LogP) is 1.68. The van der Waals surface area contributed by atoms with Gasteiger partial charge in [-0.15, -0.1) is 0 Å². The summed E-state index contributed by atoms with van der Waals surface area (Å²) in [6.07, 6.45) is 3.17. The molecule has 0 radical (unpaired) electrons. The van der Waals surface area contributed by atoms with Crippen LogP contribution in [0.15, 0.2) is 47.5 Å². The minimum absolute atomic E-state index is 0.0952. The summed E-state index contributed by atoms with van der Waals surface area (Å²) in [7, 11) is -3.34. The molecule has 1 aliphatic heterocycles. The Morgan fingerprint density at radius 2 is 1.73 bits per heavy atom. The fraction of sp³-hybridized carbons (Fsp3) is 0.368. The van der Waals surface area contributed by atoms with Gasteiger partial charge in [0.25, 0.3) is 0 Å². The Labute approximate surface area is 154 Å². The molecule has 0 saturated carbocycles. The Bertz CT molecular complexity index is 887. The molecule has 138 valence electrons. The molecule has 1 fully saturated rings. The molecule has 0 bridgehead atoms. The number of rotatable bonds is 4. The van der Waals surface area contributed by atoms with Gasteiger partial charge in [0.15, 0.2) is 9.84 Å². The lowest BCUT2D eigenvalue weighted by Crippen LogP contribution is -2.49. The zero-order valence-corrected chi connectivity index (χ0v) is 15.9. The highest BCUT2D eigenvalue weighted by Gasteiger charge is 2.25. The second kappa shape index (κ2) is 7.45. The van der Waals surface area contributed by atoms with Crippen LogP contribution < -0.4 is 4.90 Å². The summed E-state index contributed by atoms with van der Waals surface area (Å²) in [5.41, 5.74) is 2.18. The third kappa shape index (κ3) is 4.22. The molecule has 3 rings (SSSR count). The summed E-state index contributed by atoms with van der Waals surface area (Å²) in [5.74, 6) is 0.568. The molecule has 1 saturated heterocycles. The normalized spacial score (nSPS) is 15.2. The first-order valence-corrected chi connectivity index (χ1v) is 10.5. The number of amides is 1. The van der Waals surface area contributed by atoms with Gasteiger partial charge in [0.1, 0.15) is 10.7 Å². The highest BCUT2D eigenvalue weighted by molar-refractivity contribution is 7.90. The number of benzene rings is 1. The third-order valence-corrected chi connectivity index (χ3v) is 5.68. The Morgan fingerprint density at radius 1 is 1.08 bits per heavy atom. The van der Waals surface area contributed by atoms with E-state index in [0.717, 1.165) is 5.56 Å². The van der Waals surface area contributed by atoms with Crippen molar-refractivity contribution in [1.29, 1.82) is 0 Å². The van der Waals surface area contributed by atoms with E-state index in [-0.39, 0.29) is 10.8 Å². The molecule has 1 amide bonds. The average Bonchev–Trinajstić information content (AvgIpc) is 2.63.